The highest BCUT2D eigenvalue weighted by molar-refractivity contribution is 5.76. The molecule has 3 nitrogen and oxygen atoms in total. The highest BCUT2D eigenvalue weighted by atomic mass is 16.5. The molecule has 0 fully saturated rings. The van der Waals surface area contributed by atoms with Crippen LogP contribution in [0.25, 0.3) is 0 Å². The number of carbonyl (C=O) groups is 1. The van der Waals surface area contributed by atoms with E-state index in [9.17, 15) is 4.79 Å². The van der Waals surface area contributed by atoms with Crippen molar-refractivity contribution >= 4 is 5.91 Å². The summed E-state index contributed by atoms with van der Waals surface area (Å²) >= 11 is 0. The lowest BCUT2D eigenvalue weighted by atomic mass is 10.1. The molecule has 0 aromatic rings. The normalized spacial score (nSPS) is 14.0. The molecule has 0 aromatic carbocycles. The summed E-state index contributed by atoms with van der Waals surface area (Å²) in [6.07, 6.45) is 7.17. The molecule has 3 heteroatoms. The van der Waals surface area contributed by atoms with Gasteiger partial charge in [0.25, 0.3) is 0 Å². The number of hydrogen-bond donors (Lipinski definition) is 1. The Balaban J connectivity index is 3.85. The molecular formula is C12H21NO2. The minimum Gasteiger partial charge on any atom is -0.384 e. The summed E-state index contributed by atoms with van der Waals surface area (Å²) in [7, 11) is 1.64. The number of rotatable bonds is 7. The van der Waals surface area contributed by atoms with Gasteiger partial charge in [-0.05, 0) is 12.3 Å². The fraction of sp³-hybridized carbons (Fsp3) is 0.750. The van der Waals surface area contributed by atoms with Crippen LogP contribution < -0.4 is 5.32 Å². The molecule has 0 radical (unpaired) electrons. The minimum absolute atomic E-state index is 0.0571. The van der Waals surface area contributed by atoms with Crippen LogP contribution in [0.4, 0.5) is 0 Å². The van der Waals surface area contributed by atoms with Gasteiger partial charge in [0.15, 0.2) is 0 Å². The Hall–Kier alpha value is -1.01. The summed E-state index contributed by atoms with van der Waals surface area (Å²) in [4.78, 5) is 11.5. The van der Waals surface area contributed by atoms with Gasteiger partial charge in [0, 0.05) is 32.6 Å². The number of amides is 1. The van der Waals surface area contributed by atoms with Crippen molar-refractivity contribution in [3.63, 3.8) is 0 Å². The van der Waals surface area contributed by atoms with Gasteiger partial charge in [0.2, 0.25) is 5.91 Å². The second-order valence-corrected chi connectivity index (χ2v) is 3.85. The average molecular weight is 211 g/mol. The molecule has 2 atom stereocenters. The lowest BCUT2D eigenvalue weighted by molar-refractivity contribution is -0.123. The van der Waals surface area contributed by atoms with Crippen molar-refractivity contribution in [3.05, 3.63) is 0 Å². The van der Waals surface area contributed by atoms with Gasteiger partial charge < -0.3 is 10.1 Å². The summed E-state index contributed by atoms with van der Waals surface area (Å²) in [5, 5.41) is 2.92. The monoisotopic (exact) mass is 211 g/mol. The van der Waals surface area contributed by atoms with Crippen LogP contribution in [0.5, 0.6) is 0 Å². The first kappa shape index (κ1) is 14.0. The van der Waals surface area contributed by atoms with Crippen LogP contribution in [-0.4, -0.2) is 25.7 Å². The Kier molecular flexibility index (Phi) is 7.75. The van der Waals surface area contributed by atoms with Crippen molar-refractivity contribution in [3.8, 4) is 12.3 Å². The second kappa shape index (κ2) is 8.31. The molecule has 0 bridgehead atoms. The van der Waals surface area contributed by atoms with Crippen LogP contribution in [0, 0.1) is 18.3 Å². The third-order valence-corrected chi connectivity index (χ3v) is 2.21. The SMILES string of the molecule is C#CCC(CC)NC(=O)CC(C)COC. The van der Waals surface area contributed by atoms with Gasteiger partial charge >= 0.3 is 0 Å². The maximum Gasteiger partial charge on any atom is 0.220 e. The molecule has 1 N–H and O–H groups in total. The zero-order valence-electron chi connectivity index (χ0n) is 9.88. The molecule has 1 amide bonds. The predicted molar refractivity (Wildman–Crippen MR) is 61.3 cm³/mol. The van der Waals surface area contributed by atoms with E-state index >= 15 is 0 Å². The molecule has 0 spiro atoms. The second-order valence-electron chi connectivity index (χ2n) is 3.85. The average Bonchev–Trinajstić information content (AvgIpc) is 2.17. The predicted octanol–water partition coefficient (Wildman–Crippen LogP) is 1.58. The van der Waals surface area contributed by atoms with Crippen LogP contribution in [-0.2, 0) is 9.53 Å². The maximum absolute atomic E-state index is 11.5. The zero-order chi connectivity index (χ0) is 11.7. The fourth-order valence-electron chi connectivity index (χ4n) is 1.39. The molecule has 0 heterocycles. The van der Waals surface area contributed by atoms with E-state index < -0.39 is 0 Å². The van der Waals surface area contributed by atoms with Gasteiger partial charge in [-0.3, -0.25) is 4.79 Å². The molecule has 0 aliphatic carbocycles. The quantitative estimate of drug-likeness (QED) is 0.649. The Morgan fingerprint density at radius 2 is 2.27 bits per heavy atom. The summed E-state index contributed by atoms with van der Waals surface area (Å²) in [5.74, 6) is 2.87. The molecular weight excluding hydrogens is 190 g/mol. The molecule has 86 valence electrons. The van der Waals surface area contributed by atoms with E-state index in [0.29, 0.717) is 19.4 Å². The molecule has 0 rings (SSSR count). The Morgan fingerprint density at radius 3 is 2.73 bits per heavy atom. The summed E-state index contributed by atoms with van der Waals surface area (Å²) in [5.41, 5.74) is 0. The number of terminal acetylenes is 1. The van der Waals surface area contributed by atoms with Crippen LogP contribution in [0.2, 0.25) is 0 Å². The lowest BCUT2D eigenvalue weighted by Crippen LogP contribution is -2.35. The van der Waals surface area contributed by atoms with Crippen molar-refractivity contribution < 1.29 is 9.53 Å². The summed E-state index contributed by atoms with van der Waals surface area (Å²) < 4.78 is 4.97. The van der Waals surface area contributed by atoms with Gasteiger partial charge in [-0.25, -0.2) is 0 Å². The highest BCUT2D eigenvalue weighted by Gasteiger charge is 2.12. The lowest BCUT2D eigenvalue weighted by Gasteiger charge is -2.16. The van der Waals surface area contributed by atoms with Crippen molar-refractivity contribution in [2.24, 2.45) is 5.92 Å². The first-order valence-corrected chi connectivity index (χ1v) is 5.35. The van der Waals surface area contributed by atoms with Crippen LogP contribution >= 0.6 is 0 Å². The number of ether oxygens (including phenoxy) is 1. The fourth-order valence-corrected chi connectivity index (χ4v) is 1.39. The van der Waals surface area contributed by atoms with E-state index in [4.69, 9.17) is 11.2 Å². The number of methoxy groups -OCH3 is 1. The summed E-state index contributed by atoms with van der Waals surface area (Å²) in [6.45, 7) is 4.62. The van der Waals surface area contributed by atoms with Crippen LogP contribution in [0.1, 0.15) is 33.1 Å². The van der Waals surface area contributed by atoms with Gasteiger partial charge in [-0.1, -0.05) is 13.8 Å². The van der Waals surface area contributed by atoms with Gasteiger partial charge in [-0.15, -0.1) is 12.3 Å². The third kappa shape index (κ3) is 6.98. The topological polar surface area (TPSA) is 38.3 Å². The molecule has 2 unspecified atom stereocenters. The minimum atomic E-state index is 0.0571. The van der Waals surface area contributed by atoms with Gasteiger partial charge in [0.1, 0.15) is 0 Å². The van der Waals surface area contributed by atoms with Crippen molar-refractivity contribution in [2.75, 3.05) is 13.7 Å². The molecule has 0 saturated carbocycles. The Morgan fingerprint density at radius 1 is 1.60 bits per heavy atom. The molecule has 15 heavy (non-hydrogen) atoms. The first-order valence-electron chi connectivity index (χ1n) is 5.35. The number of hydrogen-bond acceptors (Lipinski definition) is 2. The number of carbonyl (C=O) groups excluding carboxylic acids is 1. The molecule has 0 aliphatic heterocycles. The highest BCUT2D eigenvalue weighted by Crippen LogP contribution is 2.03. The first-order chi connectivity index (χ1) is 7.13. The van der Waals surface area contributed by atoms with E-state index in [1.165, 1.54) is 0 Å². The number of nitrogens with one attached hydrogen (secondary N) is 1. The smallest absolute Gasteiger partial charge is 0.220 e. The largest absolute Gasteiger partial charge is 0.384 e. The van der Waals surface area contributed by atoms with E-state index in [2.05, 4.69) is 11.2 Å². The molecule has 0 saturated heterocycles. The Bertz CT molecular complexity index is 220. The van der Waals surface area contributed by atoms with Gasteiger partial charge in [0.05, 0.1) is 0 Å². The van der Waals surface area contributed by atoms with Crippen LogP contribution in [0.15, 0.2) is 0 Å². The van der Waals surface area contributed by atoms with E-state index in [0.717, 1.165) is 6.42 Å². The maximum atomic E-state index is 11.5. The standard InChI is InChI=1S/C12H21NO2/c1-5-7-11(6-2)13-12(14)8-10(3)9-15-4/h1,10-11H,6-9H2,2-4H3,(H,13,14). The third-order valence-electron chi connectivity index (χ3n) is 2.21. The van der Waals surface area contributed by atoms with E-state index in [1.54, 1.807) is 7.11 Å². The van der Waals surface area contributed by atoms with Crippen molar-refractivity contribution in [1.82, 2.24) is 5.32 Å². The van der Waals surface area contributed by atoms with Crippen molar-refractivity contribution in [2.45, 2.75) is 39.2 Å². The van der Waals surface area contributed by atoms with Crippen LogP contribution in [0.3, 0.4) is 0 Å². The zero-order valence-corrected chi connectivity index (χ0v) is 9.88. The van der Waals surface area contributed by atoms with Crippen molar-refractivity contribution in [1.29, 1.82) is 0 Å². The molecule has 0 aromatic heterocycles. The Labute approximate surface area is 92.6 Å². The van der Waals surface area contributed by atoms with E-state index in [-0.39, 0.29) is 17.9 Å². The van der Waals surface area contributed by atoms with E-state index in [1.807, 2.05) is 13.8 Å². The summed E-state index contributed by atoms with van der Waals surface area (Å²) in [6, 6.07) is 0.109. The molecule has 0 aliphatic rings. The van der Waals surface area contributed by atoms with Gasteiger partial charge in [-0.2, -0.15) is 0 Å².